The second kappa shape index (κ2) is 6.83. The monoisotopic (exact) mass is 335 g/mol. The number of nitro groups is 1. The largest absolute Gasteiger partial charge is 0.423 e. The molecule has 1 fully saturated rings. The molecule has 1 N–H and O–H groups in total. The van der Waals surface area contributed by atoms with E-state index < -0.39 is 10.9 Å². The fourth-order valence-corrected chi connectivity index (χ4v) is 2.76. The third-order valence-corrected chi connectivity index (χ3v) is 3.92. The highest BCUT2D eigenvalue weighted by molar-refractivity contribution is 5.89. The van der Waals surface area contributed by atoms with Crippen molar-refractivity contribution in [2.45, 2.75) is 18.9 Å². The van der Waals surface area contributed by atoms with Crippen LogP contribution in [0, 0.1) is 10.1 Å². The summed E-state index contributed by atoms with van der Waals surface area (Å²) in [5, 5.41) is 13.6. The van der Waals surface area contributed by atoms with Crippen molar-refractivity contribution >= 4 is 23.3 Å². The van der Waals surface area contributed by atoms with Crippen LogP contribution in [0.1, 0.15) is 12.8 Å². The van der Waals surface area contributed by atoms with E-state index in [0.717, 1.165) is 12.8 Å². The fraction of sp³-hybridized carbons (Fsp3) is 0.467. The van der Waals surface area contributed by atoms with Crippen molar-refractivity contribution in [3.05, 3.63) is 28.3 Å². The van der Waals surface area contributed by atoms with Crippen LogP contribution in [0.4, 0.5) is 11.4 Å². The van der Waals surface area contributed by atoms with E-state index in [4.69, 9.17) is 9.47 Å². The molecular weight excluding hydrogens is 318 g/mol. The predicted molar refractivity (Wildman–Crippen MR) is 82.9 cm³/mol. The summed E-state index contributed by atoms with van der Waals surface area (Å²) in [6.07, 6.45) is 1.95. The highest BCUT2D eigenvalue weighted by atomic mass is 16.6. The first-order valence-electron chi connectivity index (χ1n) is 7.65. The Balaban J connectivity index is 1.66. The molecule has 2 heterocycles. The molecule has 0 aromatic heterocycles. The van der Waals surface area contributed by atoms with E-state index in [1.165, 1.54) is 23.1 Å². The minimum absolute atomic E-state index is 0.0351. The van der Waals surface area contributed by atoms with Gasteiger partial charge in [0.1, 0.15) is 6.54 Å². The molecule has 1 saturated heterocycles. The highest BCUT2D eigenvalue weighted by Gasteiger charge is 2.27. The number of fused-ring (bicyclic) bond motifs is 1. The lowest BCUT2D eigenvalue weighted by molar-refractivity contribution is -0.384. The number of amides is 1. The number of anilines is 1. The van der Waals surface area contributed by atoms with Crippen LogP contribution in [0.25, 0.3) is 0 Å². The van der Waals surface area contributed by atoms with Crippen molar-refractivity contribution in [3.8, 4) is 5.75 Å². The average Bonchev–Trinajstić information content (AvgIpc) is 3.05. The number of ether oxygens (including phenoxy) is 2. The van der Waals surface area contributed by atoms with Gasteiger partial charge in [-0.15, -0.1) is 0 Å². The van der Waals surface area contributed by atoms with E-state index in [0.29, 0.717) is 18.8 Å². The Kier molecular flexibility index (Phi) is 4.61. The van der Waals surface area contributed by atoms with Crippen molar-refractivity contribution in [3.63, 3.8) is 0 Å². The minimum atomic E-state index is -0.568. The molecule has 1 unspecified atom stereocenters. The molecular formula is C15H17N3O6. The molecule has 3 rings (SSSR count). The molecule has 0 spiro atoms. The number of carbonyl (C=O) groups is 2. The van der Waals surface area contributed by atoms with Crippen molar-refractivity contribution in [2.75, 3.05) is 31.1 Å². The zero-order valence-corrected chi connectivity index (χ0v) is 12.9. The summed E-state index contributed by atoms with van der Waals surface area (Å²) in [7, 11) is 0. The lowest BCUT2D eigenvalue weighted by atomic mass is 10.2. The summed E-state index contributed by atoms with van der Waals surface area (Å²) in [6.45, 7) is 1.03. The van der Waals surface area contributed by atoms with Gasteiger partial charge < -0.3 is 19.7 Å². The maximum Gasteiger partial charge on any atom is 0.331 e. The van der Waals surface area contributed by atoms with Gasteiger partial charge in [0.2, 0.25) is 5.91 Å². The molecule has 24 heavy (non-hydrogen) atoms. The van der Waals surface area contributed by atoms with Crippen molar-refractivity contribution in [2.24, 2.45) is 0 Å². The molecule has 9 nitrogen and oxygen atoms in total. The second-order valence-corrected chi connectivity index (χ2v) is 5.68. The van der Waals surface area contributed by atoms with Crippen LogP contribution in [-0.4, -0.2) is 49.1 Å². The molecule has 2 aliphatic heterocycles. The van der Waals surface area contributed by atoms with Crippen LogP contribution in [0.15, 0.2) is 18.2 Å². The summed E-state index contributed by atoms with van der Waals surface area (Å²) in [4.78, 5) is 35.6. The molecule has 1 atom stereocenters. The van der Waals surface area contributed by atoms with Gasteiger partial charge in [0.15, 0.2) is 5.75 Å². The summed E-state index contributed by atoms with van der Waals surface area (Å²) >= 11 is 0. The lowest BCUT2D eigenvalue weighted by Gasteiger charge is -2.29. The molecule has 0 saturated carbocycles. The summed E-state index contributed by atoms with van der Waals surface area (Å²) in [5.74, 6) is -0.716. The van der Waals surface area contributed by atoms with Gasteiger partial charge in [-0.25, -0.2) is 4.79 Å². The Labute approximate surface area is 137 Å². The predicted octanol–water partition coefficient (Wildman–Crippen LogP) is 0.615. The van der Waals surface area contributed by atoms with E-state index >= 15 is 0 Å². The Morgan fingerprint density at radius 1 is 1.46 bits per heavy atom. The third kappa shape index (κ3) is 3.62. The maximum absolute atomic E-state index is 12.1. The highest BCUT2D eigenvalue weighted by Crippen LogP contribution is 2.34. The summed E-state index contributed by atoms with van der Waals surface area (Å²) in [6, 6.07) is 3.98. The third-order valence-electron chi connectivity index (χ3n) is 3.92. The van der Waals surface area contributed by atoms with Gasteiger partial charge in [-0.2, -0.15) is 0 Å². The molecule has 1 amide bonds. The number of nitro benzene ring substituents is 1. The van der Waals surface area contributed by atoms with Crippen LogP contribution >= 0.6 is 0 Å². The van der Waals surface area contributed by atoms with Gasteiger partial charge in [0.25, 0.3) is 5.69 Å². The number of rotatable bonds is 5. The van der Waals surface area contributed by atoms with E-state index in [1.807, 2.05) is 0 Å². The Morgan fingerprint density at radius 3 is 3.00 bits per heavy atom. The van der Waals surface area contributed by atoms with Gasteiger partial charge in [-0.3, -0.25) is 14.9 Å². The summed E-state index contributed by atoms with van der Waals surface area (Å²) < 4.78 is 10.5. The first-order chi connectivity index (χ1) is 11.5. The Hall–Kier alpha value is -2.68. The minimum Gasteiger partial charge on any atom is -0.423 e. The number of hydrogen-bond donors (Lipinski definition) is 1. The van der Waals surface area contributed by atoms with Crippen molar-refractivity contribution < 1.29 is 24.0 Å². The normalized spacial score (nSPS) is 19.6. The smallest absolute Gasteiger partial charge is 0.331 e. The number of benzene rings is 1. The number of non-ortho nitro benzene ring substituents is 1. The van der Waals surface area contributed by atoms with Crippen LogP contribution in [-0.2, 0) is 14.3 Å². The molecule has 1 aromatic rings. The zero-order valence-electron chi connectivity index (χ0n) is 12.9. The van der Waals surface area contributed by atoms with Gasteiger partial charge in [0.05, 0.1) is 29.3 Å². The van der Waals surface area contributed by atoms with E-state index in [2.05, 4.69) is 5.32 Å². The number of esters is 1. The van der Waals surface area contributed by atoms with Crippen molar-refractivity contribution in [1.29, 1.82) is 0 Å². The van der Waals surface area contributed by atoms with Crippen LogP contribution < -0.4 is 15.0 Å². The van der Waals surface area contributed by atoms with Crippen LogP contribution in [0.5, 0.6) is 5.75 Å². The average molecular weight is 335 g/mol. The summed E-state index contributed by atoms with van der Waals surface area (Å²) in [5.41, 5.74) is 0.304. The molecule has 2 aliphatic rings. The van der Waals surface area contributed by atoms with Crippen LogP contribution in [0.3, 0.4) is 0 Å². The van der Waals surface area contributed by atoms with E-state index in [-0.39, 0.29) is 36.5 Å². The fourth-order valence-electron chi connectivity index (χ4n) is 2.76. The van der Waals surface area contributed by atoms with E-state index in [1.54, 1.807) is 0 Å². The number of nitrogens with zero attached hydrogens (tertiary/aromatic N) is 2. The number of hydrogen-bond acceptors (Lipinski definition) is 7. The standard InChI is InChI=1S/C15H17N3O6/c19-14(16-7-11-2-1-5-23-11)8-17-9-15(20)24-13-6-10(18(21)22)3-4-12(13)17/h3-4,6,11H,1-2,5,7-9H2,(H,16,19). The number of carbonyl (C=O) groups excluding carboxylic acids is 2. The molecule has 1 aromatic carbocycles. The maximum atomic E-state index is 12.1. The van der Waals surface area contributed by atoms with Gasteiger partial charge >= 0.3 is 5.97 Å². The Morgan fingerprint density at radius 2 is 2.29 bits per heavy atom. The van der Waals surface area contributed by atoms with Gasteiger partial charge in [-0.05, 0) is 18.9 Å². The zero-order chi connectivity index (χ0) is 17.1. The van der Waals surface area contributed by atoms with Crippen molar-refractivity contribution in [1.82, 2.24) is 5.32 Å². The Bertz CT molecular complexity index is 671. The SMILES string of the molecule is O=C(CN1CC(=O)Oc2cc([N+](=O)[O-])ccc21)NCC1CCCO1. The lowest BCUT2D eigenvalue weighted by Crippen LogP contribution is -2.44. The van der Waals surface area contributed by atoms with Gasteiger partial charge in [-0.1, -0.05) is 0 Å². The quantitative estimate of drug-likeness (QED) is 0.363. The molecule has 0 radical (unpaired) electrons. The van der Waals surface area contributed by atoms with Crippen LogP contribution in [0.2, 0.25) is 0 Å². The number of nitrogens with one attached hydrogen (secondary N) is 1. The second-order valence-electron chi connectivity index (χ2n) is 5.68. The molecule has 128 valence electrons. The molecule has 0 bridgehead atoms. The molecule has 9 heteroatoms. The molecule has 0 aliphatic carbocycles. The van der Waals surface area contributed by atoms with Gasteiger partial charge in [0, 0.05) is 19.2 Å². The first kappa shape index (κ1) is 16.2. The first-order valence-corrected chi connectivity index (χ1v) is 7.65. The van der Waals surface area contributed by atoms with E-state index in [9.17, 15) is 19.7 Å². The topological polar surface area (TPSA) is 111 Å².